The van der Waals surface area contributed by atoms with Crippen molar-refractivity contribution >= 4 is 28.1 Å². The number of pyridine rings is 1. The molecule has 0 radical (unpaired) electrons. The number of rotatable bonds is 4. The van der Waals surface area contributed by atoms with Gasteiger partial charge in [0.25, 0.3) is 4.84 Å². The molecule has 3 aromatic rings. The van der Waals surface area contributed by atoms with E-state index in [9.17, 15) is 0 Å². The third-order valence-corrected chi connectivity index (χ3v) is 5.21. The Kier molecular flexibility index (Phi) is 4.78. The van der Waals surface area contributed by atoms with Crippen LogP contribution in [0.1, 0.15) is 24.4 Å². The molecule has 0 saturated carbocycles. The van der Waals surface area contributed by atoms with Gasteiger partial charge in [-0.15, -0.1) is 5.10 Å². The highest BCUT2D eigenvalue weighted by atomic mass is 79.9. The molecule has 1 saturated heterocycles. The average molecular weight is 417 g/mol. The van der Waals surface area contributed by atoms with E-state index in [4.69, 9.17) is 16.6 Å². The van der Waals surface area contributed by atoms with Crippen LogP contribution in [0.15, 0.2) is 57.7 Å². The van der Waals surface area contributed by atoms with Crippen LogP contribution in [0.5, 0.6) is 0 Å². The number of benzene rings is 1. The van der Waals surface area contributed by atoms with Crippen LogP contribution < -0.4 is 0 Å². The Bertz CT molecular complexity index is 924. The van der Waals surface area contributed by atoms with Crippen LogP contribution in [-0.2, 0) is 6.67 Å². The largest absolute Gasteiger partial charge is 0.409 e. The van der Waals surface area contributed by atoms with Gasteiger partial charge in [0.1, 0.15) is 0 Å². The number of halogens is 1. The summed E-state index contributed by atoms with van der Waals surface area (Å²) in [6.45, 7) is 1.64. The first-order chi connectivity index (χ1) is 12.2. The maximum atomic E-state index is 5.71. The molecule has 1 fully saturated rings. The fraction of sp³-hybridized carbons (Fsp3) is 0.278. The number of hydrogen-bond acceptors (Lipinski definition) is 5. The van der Waals surface area contributed by atoms with Crippen molar-refractivity contribution in [3.8, 4) is 11.5 Å². The number of hydrogen-bond donors (Lipinski definition) is 0. The molecule has 2 aromatic heterocycles. The summed E-state index contributed by atoms with van der Waals surface area (Å²) in [7, 11) is 0. The van der Waals surface area contributed by atoms with Gasteiger partial charge in [-0.3, -0.25) is 9.88 Å². The number of aromatic nitrogens is 3. The molecule has 4 rings (SSSR count). The van der Waals surface area contributed by atoms with Crippen LogP contribution in [0, 0.1) is 4.84 Å². The second-order valence-electron chi connectivity index (χ2n) is 6.08. The van der Waals surface area contributed by atoms with E-state index in [1.54, 1.807) is 10.9 Å². The van der Waals surface area contributed by atoms with E-state index in [0.29, 0.717) is 23.4 Å². The zero-order valence-corrected chi connectivity index (χ0v) is 15.9. The number of likely N-dealkylation sites (tertiary alicyclic amines) is 1. The fourth-order valence-corrected chi connectivity index (χ4v) is 3.83. The maximum absolute atomic E-state index is 5.71. The molecule has 1 unspecified atom stereocenters. The van der Waals surface area contributed by atoms with Crippen molar-refractivity contribution in [2.75, 3.05) is 6.54 Å². The Hall–Kier alpha value is -1.83. The number of nitrogens with zero attached hydrogens (tertiary/aromatic N) is 4. The third kappa shape index (κ3) is 3.58. The van der Waals surface area contributed by atoms with E-state index in [-0.39, 0.29) is 0 Å². The second-order valence-corrected chi connectivity index (χ2v) is 7.35. The minimum absolute atomic E-state index is 0.349. The normalized spacial score (nSPS) is 17.9. The van der Waals surface area contributed by atoms with Gasteiger partial charge in [-0.2, -0.15) is 0 Å². The van der Waals surface area contributed by atoms with Crippen LogP contribution >= 0.6 is 28.1 Å². The van der Waals surface area contributed by atoms with Crippen LogP contribution in [0.25, 0.3) is 11.5 Å². The Morgan fingerprint density at radius 1 is 1.28 bits per heavy atom. The Morgan fingerprint density at radius 3 is 3.00 bits per heavy atom. The van der Waals surface area contributed by atoms with Gasteiger partial charge in [0.05, 0.1) is 6.67 Å². The highest BCUT2D eigenvalue weighted by molar-refractivity contribution is 9.10. The predicted molar refractivity (Wildman–Crippen MR) is 101 cm³/mol. The molecule has 3 heterocycles. The van der Waals surface area contributed by atoms with E-state index in [1.165, 1.54) is 5.56 Å². The maximum Gasteiger partial charge on any atom is 0.288 e. The Labute approximate surface area is 159 Å². The molecule has 25 heavy (non-hydrogen) atoms. The molecular formula is C18H17BrN4OS. The van der Waals surface area contributed by atoms with Crippen molar-refractivity contribution in [2.45, 2.75) is 25.6 Å². The minimum atomic E-state index is 0.349. The van der Waals surface area contributed by atoms with Crippen molar-refractivity contribution in [3.63, 3.8) is 0 Å². The van der Waals surface area contributed by atoms with E-state index >= 15 is 0 Å². The van der Waals surface area contributed by atoms with Gasteiger partial charge >= 0.3 is 0 Å². The summed E-state index contributed by atoms with van der Waals surface area (Å²) in [4.78, 5) is 7.02. The van der Waals surface area contributed by atoms with Gasteiger partial charge in [0.2, 0.25) is 5.89 Å². The highest BCUT2D eigenvalue weighted by Gasteiger charge is 2.27. The molecule has 1 aliphatic heterocycles. The lowest BCUT2D eigenvalue weighted by Crippen LogP contribution is -2.26. The zero-order valence-electron chi connectivity index (χ0n) is 13.5. The van der Waals surface area contributed by atoms with E-state index in [1.807, 2.05) is 36.5 Å². The minimum Gasteiger partial charge on any atom is -0.409 e. The van der Waals surface area contributed by atoms with Crippen molar-refractivity contribution in [1.29, 1.82) is 0 Å². The molecule has 1 aliphatic rings. The van der Waals surface area contributed by atoms with Crippen LogP contribution in [-0.4, -0.2) is 26.2 Å². The summed E-state index contributed by atoms with van der Waals surface area (Å²) in [6, 6.07) is 12.3. The Balaban J connectivity index is 1.58. The molecule has 128 valence electrons. The molecule has 0 bridgehead atoms. The lowest BCUT2D eigenvalue weighted by Gasteiger charge is -2.23. The molecule has 0 spiro atoms. The molecule has 1 atom stereocenters. The highest BCUT2D eigenvalue weighted by Crippen LogP contribution is 2.32. The first-order valence-electron chi connectivity index (χ1n) is 8.18. The predicted octanol–water partition coefficient (Wildman–Crippen LogP) is 4.82. The topological polar surface area (TPSA) is 47.1 Å². The van der Waals surface area contributed by atoms with Crippen LogP contribution in [0.2, 0.25) is 0 Å². The molecule has 5 nitrogen and oxygen atoms in total. The zero-order chi connectivity index (χ0) is 17.2. The van der Waals surface area contributed by atoms with Crippen molar-refractivity contribution < 1.29 is 4.42 Å². The van der Waals surface area contributed by atoms with Gasteiger partial charge in [0.15, 0.2) is 0 Å². The SMILES string of the molecule is S=c1oc(-c2cccc(Br)c2)nn1CN1CCCC1c1cccnc1. The van der Waals surface area contributed by atoms with Crippen molar-refractivity contribution in [3.05, 3.63) is 63.7 Å². The van der Waals surface area contributed by atoms with Crippen LogP contribution in [0.3, 0.4) is 0 Å². The van der Waals surface area contributed by atoms with E-state index in [0.717, 1.165) is 29.4 Å². The van der Waals surface area contributed by atoms with Gasteiger partial charge in [-0.1, -0.05) is 28.1 Å². The lowest BCUT2D eigenvalue weighted by molar-refractivity contribution is 0.187. The first kappa shape index (κ1) is 16.6. The van der Waals surface area contributed by atoms with E-state index < -0.39 is 0 Å². The molecule has 7 heteroatoms. The fourth-order valence-electron chi connectivity index (χ4n) is 3.25. The average Bonchev–Trinajstić information content (AvgIpc) is 3.23. The lowest BCUT2D eigenvalue weighted by atomic mass is 10.1. The van der Waals surface area contributed by atoms with Gasteiger partial charge < -0.3 is 4.42 Å². The smallest absolute Gasteiger partial charge is 0.288 e. The summed E-state index contributed by atoms with van der Waals surface area (Å²) in [5.74, 6) is 0.545. The van der Waals surface area contributed by atoms with Gasteiger partial charge in [-0.05, 0) is 54.9 Å². The van der Waals surface area contributed by atoms with E-state index in [2.05, 4.69) is 37.0 Å². The quantitative estimate of drug-likeness (QED) is 0.570. The summed E-state index contributed by atoms with van der Waals surface area (Å²) < 4.78 is 8.46. The second kappa shape index (κ2) is 7.19. The molecule has 1 aromatic carbocycles. The molecule has 0 amide bonds. The molecular weight excluding hydrogens is 400 g/mol. The van der Waals surface area contributed by atoms with Crippen molar-refractivity contribution in [1.82, 2.24) is 19.7 Å². The van der Waals surface area contributed by atoms with Crippen molar-refractivity contribution in [2.24, 2.45) is 0 Å². The monoisotopic (exact) mass is 416 g/mol. The summed E-state index contributed by atoms with van der Waals surface area (Å²) in [5, 5.41) is 4.58. The summed E-state index contributed by atoms with van der Waals surface area (Å²) in [6.07, 6.45) is 6.03. The summed E-state index contributed by atoms with van der Waals surface area (Å²) in [5.41, 5.74) is 2.15. The van der Waals surface area contributed by atoms with Crippen LogP contribution in [0.4, 0.5) is 0 Å². The molecule has 0 aliphatic carbocycles. The van der Waals surface area contributed by atoms with Gasteiger partial charge in [0, 0.05) is 35.0 Å². The first-order valence-corrected chi connectivity index (χ1v) is 9.39. The standard InChI is InChI=1S/C18H17BrN4OS/c19-15-6-1-4-13(10-15)17-21-23(18(25)24-17)12-22-9-3-7-16(22)14-5-2-8-20-11-14/h1-2,4-6,8,10-11,16H,3,7,9,12H2. The van der Waals surface area contributed by atoms with Gasteiger partial charge in [-0.25, -0.2) is 4.68 Å². The summed E-state index contributed by atoms with van der Waals surface area (Å²) >= 11 is 8.85. The Morgan fingerprint density at radius 2 is 2.20 bits per heavy atom. The molecule has 0 N–H and O–H groups in total. The third-order valence-electron chi connectivity index (χ3n) is 4.43.